The van der Waals surface area contributed by atoms with Crippen molar-refractivity contribution in [3.05, 3.63) is 12.1 Å². The van der Waals surface area contributed by atoms with Gasteiger partial charge in [0, 0.05) is 6.07 Å². The summed E-state index contributed by atoms with van der Waals surface area (Å²) >= 11 is 0. The lowest BCUT2D eigenvalue weighted by Gasteiger charge is -2.11. The molecule has 1 aliphatic rings. The molecule has 6 nitrogen and oxygen atoms in total. The summed E-state index contributed by atoms with van der Waals surface area (Å²) in [6.07, 6.45) is 3.22. The zero-order valence-electron chi connectivity index (χ0n) is 9.63. The van der Waals surface area contributed by atoms with E-state index in [0.717, 1.165) is 19.1 Å². The fourth-order valence-corrected chi connectivity index (χ4v) is 1.75. The summed E-state index contributed by atoms with van der Waals surface area (Å²) in [7, 11) is -1.92. The molecule has 1 fully saturated rings. The Morgan fingerprint density at radius 2 is 2.12 bits per heavy atom. The van der Waals surface area contributed by atoms with Crippen molar-refractivity contribution in [3.8, 4) is 11.6 Å². The van der Waals surface area contributed by atoms with E-state index in [2.05, 4.69) is 9.71 Å². The van der Waals surface area contributed by atoms with Crippen LogP contribution in [-0.4, -0.2) is 32.9 Å². The third kappa shape index (κ3) is 3.48. The van der Waals surface area contributed by atoms with Crippen LogP contribution in [0.2, 0.25) is 0 Å². The van der Waals surface area contributed by atoms with Crippen LogP contribution in [0.15, 0.2) is 12.1 Å². The molecule has 0 amide bonds. The van der Waals surface area contributed by atoms with Crippen molar-refractivity contribution in [1.82, 2.24) is 4.98 Å². The van der Waals surface area contributed by atoms with E-state index in [1.807, 2.05) is 0 Å². The molecule has 1 aromatic rings. The second kappa shape index (κ2) is 4.40. The van der Waals surface area contributed by atoms with Crippen LogP contribution < -0.4 is 14.2 Å². The molecule has 0 saturated heterocycles. The first-order valence-corrected chi connectivity index (χ1v) is 7.06. The normalized spacial score (nSPS) is 15.4. The lowest BCUT2D eigenvalue weighted by molar-refractivity contribution is 0.302. The highest BCUT2D eigenvalue weighted by atomic mass is 32.2. The molecule has 94 valence electrons. The first kappa shape index (κ1) is 12.0. The zero-order chi connectivity index (χ0) is 12.5. The topological polar surface area (TPSA) is 77.5 Å². The minimum atomic E-state index is -3.39. The van der Waals surface area contributed by atoms with Crippen LogP contribution in [0.25, 0.3) is 0 Å². The largest absolute Gasteiger partial charge is 0.487 e. The molecule has 7 heteroatoms. The molecular weight excluding hydrogens is 244 g/mol. The van der Waals surface area contributed by atoms with Gasteiger partial charge in [0.05, 0.1) is 19.5 Å². The Bertz CT molecular complexity index is 511. The number of anilines is 1. The Morgan fingerprint density at radius 1 is 1.41 bits per heavy atom. The molecule has 0 aromatic carbocycles. The van der Waals surface area contributed by atoms with Crippen molar-refractivity contribution in [2.45, 2.75) is 18.9 Å². The Kier molecular flexibility index (Phi) is 3.10. The molecule has 0 spiro atoms. The summed E-state index contributed by atoms with van der Waals surface area (Å²) in [5.74, 6) is 0.928. The number of sulfonamides is 1. The number of nitrogens with zero attached hydrogens (tertiary/aromatic N) is 1. The molecule has 1 N–H and O–H groups in total. The predicted octanol–water partition coefficient (Wildman–Crippen LogP) is 1.00. The van der Waals surface area contributed by atoms with Gasteiger partial charge in [0.25, 0.3) is 0 Å². The number of pyridine rings is 1. The molecular formula is C10H14N2O4S. The highest BCUT2D eigenvalue weighted by molar-refractivity contribution is 7.92. The van der Waals surface area contributed by atoms with Gasteiger partial charge < -0.3 is 9.47 Å². The number of hydrogen-bond acceptors (Lipinski definition) is 5. The third-order valence-electron chi connectivity index (χ3n) is 2.14. The van der Waals surface area contributed by atoms with Crippen molar-refractivity contribution in [2.24, 2.45) is 0 Å². The highest BCUT2D eigenvalue weighted by Crippen LogP contribution is 2.32. The van der Waals surface area contributed by atoms with E-state index in [0.29, 0.717) is 11.6 Å². The average Bonchev–Trinajstić information content (AvgIpc) is 3.02. The van der Waals surface area contributed by atoms with Crippen molar-refractivity contribution in [3.63, 3.8) is 0 Å². The van der Waals surface area contributed by atoms with Crippen LogP contribution in [0.3, 0.4) is 0 Å². The number of rotatable bonds is 5. The Morgan fingerprint density at radius 3 is 2.65 bits per heavy atom. The molecule has 1 aromatic heterocycles. The predicted molar refractivity (Wildman–Crippen MR) is 62.9 cm³/mol. The van der Waals surface area contributed by atoms with E-state index in [-0.39, 0.29) is 11.9 Å². The van der Waals surface area contributed by atoms with Crippen molar-refractivity contribution >= 4 is 15.8 Å². The summed E-state index contributed by atoms with van der Waals surface area (Å²) in [5, 5.41) is 0. The molecule has 1 saturated carbocycles. The summed E-state index contributed by atoms with van der Waals surface area (Å²) in [4.78, 5) is 4.02. The number of aromatic nitrogens is 1. The summed E-state index contributed by atoms with van der Waals surface area (Å²) in [6.45, 7) is 0. The molecule has 0 bridgehead atoms. The SMILES string of the molecule is COc1ccc(OC2CC2)c(NS(C)(=O)=O)n1. The van der Waals surface area contributed by atoms with Gasteiger partial charge in [-0.3, -0.25) is 4.72 Å². The lowest BCUT2D eigenvalue weighted by Crippen LogP contribution is -2.13. The van der Waals surface area contributed by atoms with Crippen molar-refractivity contribution in [1.29, 1.82) is 0 Å². The van der Waals surface area contributed by atoms with E-state index >= 15 is 0 Å². The summed E-state index contributed by atoms with van der Waals surface area (Å²) < 4.78 is 35.2. The minimum Gasteiger partial charge on any atom is -0.487 e. The Balaban J connectivity index is 2.28. The van der Waals surface area contributed by atoms with Crippen LogP contribution in [-0.2, 0) is 10.0 Å². The summed E-state index contributed by atoms with van der Waals surface area (Å²) in [5.41, 5.74) is 0. The zero-order valence-corrected chi connectivity index (χ0v) is 10.5. The maximum Gasteiger partial charge on any atom is 0.231 e. The van der Waals surface area contributed by atoms with Gasteiger partial charge in [-0.2, -0.15) is 4.98 Å². The van der Waals surface area contributed by atoms with E-state index in [1.54, 1.807) is 12.1 Å². The van der Waals surface area contributed by atoms with Crippen LogP contribution in [0.5, 0.6) is 11.6 Å². The molecule has 2 rings (SSSR count). The fraction of sp³-hybridized carbons (Fsp3) is 0.500. The van der Waals surface area contributed by atoms with Gasteiger partial charge >= 0.3 is 0 Å². The maximum absolute atomic E-state index is 11.2. The standard InChI is InChI=1S/C10H14N2O4S/c1-15-9-6-5-8(16-7-3-4-7)10(11-9)12-17(2,13)14/h5-7H,3-4H2,1-2H3,(H,11,12). The van der Waals surface area contributed by atoms with Gasteiger partial charge in [-0.25, -0.2) is 8.42 Å². The molecule has 0 unspecified atom stereocenters. The van der Waals surface area contributed by atoms with E-state index < -0.39 is 10.0 Å². The smallest absolute Gasteiger partial charge is 0.231 e. The fourth-order valence-electron chi connectivity index (χ4n) is 1.25. The number of methoxy groups -OCH3 is 1. The number of nitrogens with one attached hydrogen (secondary N) is 1. The van der Waals surface area contributed by atoms with E-state index in [4.69, 9.17) is 9.47 Å². The summed E-state index contributed by atoms with van der Waals surface area (Å²) in [6, 6.07) is 3.28. The first-order valence-electron chi connectivity index (χ1n) is 5.17. The van der Waals surface area contributed by atoms with E-state index in [1.165, 1.54) is 7.11 Å². The van der Waals surface area contributed by atoms with Gasteiger partial charge in [-0.1, -0.05) is 0 Å². The molecule has 0 atom stereocenters. The second-order valence-electron chi connectivity index (χ2n) is 3.89. The molecule has 1 aliphatic carbocycles. The van der Waals surface area contributed by atoms with Gasteiger partial charge in [0.1, 0.15) is 0 Å². The highest BCUT2D eigenvalue weighted by Gasteiger charge is 2.25. The van der Waals surface area contributed by atoms with Gasteiger partial charge in [0.2, 0.25) is 15.9 Å². The van der Waals surface area contributed by atoms with Crippen LogP contribution in [0.1, 0.15) is 12.8 Å². The van der Waals surface area contributed by atoms with Gasteiger partial charge in [0.15, 0.2) is 11.6 Å². The van der Waals surface area contributed by atoms with Crippen molar-refractivity contribution < 1.29 is 17.9 Å². The van der Waals surface area contributed by atoms with Gasteiger partial charge in [-0.15, -0.1) is 0 Å². The third-order valence-corrected chi connectivity index (χ3v) is 2.71. The average molecular weight is 258 g/mol. The van der Waals surface area contributed by atoms with Crippen LogP contribution in [0, 0.1) is 0 Å². The van der Waals surface area contributed by atoms with Crippen molar-refractivity contribution in [2.75, 3.05) is 18.1 Å². The quantitative estimate of drug-likeness (QED) is 0.852. The number of ether oxygens (including phenoxy) is 2. The molecule has 1 heterocycles. The maximum atomic E-state index is 11.2. The second-order valence-corrected chi connectivity index (χ2v) is 5.64. The van der Waals surface area contributed by atoms with Crippen LogP contribution >= 0.6 is 0 Å². The minimum absolute atomic E-state index is 0.166. The Labute approximate surface area is 100 Å². The molecule has 0 aliphatic heterocycles. The van der Waals surface area contributed by atoms with E-state index in [9.17, 15) is 8.42 Å². The molecule has 17 heavy (non-hydrogen) atoms. The first-order chi connectivity index (χ1) is 7.98. The Hall–Kier alpha value is -1.50. The lowest BCUT2D eigenvalue weighted by atomic mass is 10.4. The monoisotopic (exact) mass is 258 g/mol. The molecule has 0 radical (unpaired) electrons. The number of hydrogen-bond donors (Lipinski definition) is 1. The van der Waals surface area contributed by atoms with Crippen LogP contribution in [0.4, 0.5) is 5.82 Å². The van der Waals surface area contributed by atoms with Gasteiger partial charge in [-0.05, 0) is 18.9 Å².